The largest absolute Gasteiger partial charge is 0.368 e. The molecule has 1 rings (SSSR count). The molecule has 4 nitrogen and oxygen atoms in total. The summed E-state index contributed by atoms with van der Waals surface area (Å²) in [5.41, 5.74) is 5.29. The number of hydrogen-bond donors (Lipinski definition) is 2. The van der Waals surface area contributed by atoms with Crippen LogP contribution in [0.25, 0.3) is 0 Å². The van der Waals surface area contributed by atoms with Gasteiger partial charge in [0.15, 0.2) is 0 Å². The van der Waals surface area contributed by atoms with Gasteiger partial charge in [-0.25, -0.2) is 9.97 Å². The van der Waals surface area contributed by atoms with Crippen molar-refractivity contribution in [3.05, 3.63) is 17.0 Å². The predicted molar refractivity (Wildman–Crippen MR) is 47.3 cm³/mol. The van der Waals surface area contributed by atoms with Crippen molar-refractivity contribution in [3.63, 3.8) is 0 Å². The molecule has 0 unspecified atom stereocenters. The second-order valence-corrected chi connectivity index (χ2v) is 2.75. The van der Waals surface area contributed by atoms with E-state index in [2.05, 4.69) is 31.2 Å². The van der Waals surface area contributed by atoms with Crippen LogP contribution in [-0.2, 0) is 0 Å². The van der Waals surface area contributed by atoms with Crippen LogP contribution in [0.2, 0.25) is 0 Å². The minimum Gasteiger partial charge on any atom is -0.368 e. The van der Waals surface area contributed by atoms with E-state index in [1.54, 1.807) is 12.4 Å². The molecule has 0 saturated heterocycles. The van der Waals surface area contributed by atoms with Crippen molar-refractivity contribution in [3.8, 4) is 0 Å². The lowest BCUT2D eigenvalue weighted by atomic mass is 10.6. The third-order valence-corrected chi connectivity index (χ3v) is 1.48. The Labute approximate surface area is 73.4 Å². The topological polar surface area (TPSA) is 63.8 Å². The highest BCUT2D eigenvalue weighted by Crippen LogP contribution is 2.05. The van der Waals surface area contributed by atoms with E-state index in [9.17, 15) is 0 Å². The molecule has 11 heavy (non-hydrogen) atoms. The number of nitrogens with one attached hydrogen (secondary N) is 1. The molecule has 0 radical (unpaired) electrons. The highest BCUT2D eigenvalue weighted by molar-refractivity contribution is 9.10. The van der Waals surface area contributed by atoms with E-state index in [-0.39, 0.29) is 0 Å². The fourth-order valence-electron chi connectivity index (χ4n) is 0.604. The number of nitrogens with two attached hydrogens (primary N) is 1. The molecule has 5 heteroatoms. The molecular formula is C6H9BrN4. The predicted octanol–water partition coefficient (Wildman–Crippen LogP) is 0.610. The van der Waals surface area contributed by atoms with Crippen LogP contribution in [0.5, 0.6) is 0 Å². The van der Waals surface area contributed by atoms with E-state index in [0.717, 1.165) is 17.0 Å². The lowest BCUT2D eigenvalue weighted by molar-refractivity contribution is 1.00. The molecule has 0 aliphatic rings. The second kappa shape index (κ2) is 4.25. The molecule has 0 spiro atoms. The first-order chi connectivity index (χ1) is 5.33. The van der Waals surface area contributed by atoms with Crippen molar-refractivity contribution >= 4 is 21.7 Å². The van der Waals surface area contributed by atoms with Gasteiger partial charge in [0.05, 0.1) is 12.4 Å². The van der Waals surface area contributed by atoms with Gasteiger partial charge in [-0.15, -0.1) is 0 Å². The minimum absolute atomic E-state index is 0.595. The van der Waals surface area contributed by atoms with Crippen molar-refractivity contribution in [2.75, 3.05) is 18.4 Å². The third-order valence-electron chi connectivity index (χ3n) is 1.07. The highest BCUT2D eigenvalue weighted by atomic mass is 79.9. The summed E-state index contributed by atoms with van der Waals surface area (Å²) in [4.78, 5) is 8.02. The second-order valence-electron chi connectivity index (χ2n) is 1.94. The first-order valence-electron chi connectivity index (χ1n) is 3.24. The van der Waals surface area contributed by atoms with Crippen molar-refractivity contribution in [2.24, 2.45) is 5.73 Å². The number of nitrogens with zero attached hydrogens (tertiary/aromatic N) is 2. The summed E-state index contributed by atoms with van der Waals surface area (Å²) >= 11 is 3.19. The summed E-state index contributed by atoms with van der Waals surface area (Å²) in [7, 11) is 0. The number of hydrogen-bond acceptors (Lipinski definition) is 4. The van der Waals surface area contributed by atoms with Crippen molar-refractivity contribution in [1.29, 1.82) is 0 Å². The number of rotatable bonds is 3. The molecule has 1 heterocycles. The van der Waals surface area contributed by atoms with Gasteiger partial charge in [0.1, 0.15) is 10.4 Å². The van der Waals surface area contributed by atoms with Gasteiger partial charge in [0, 0.05) is 13.1 Å². The maximum atomic E-state index is 5.29. The smallest absolute Gasteiger partial charge is 0.144 e. The zero-order valence-corrected chi connectivity index (χ0v) is 7.50. The van der Waals surface area contributed by atoms with E-state index in [1.165, 1.54) is 0 Å². The maximum absolute atomic E-state index is 5.29. The van der Waals surface area contributed by atoms with Crippen molar-refractivity contribution in [1.82, 2.24) is 9.97 Å². The first-order valence-corrected chi connectivity index (χ1v) is 4.03. The molecular weight excluding hydrogens is 208 g/mol. The molecule has 1 aromatic rings. The SMILES string of the molecule is NCCNc1cnc(Br)cn1. The number of aromatic nitrogens is 2. The van der Waals surface area contributed by atoms with Gasteiger partial charge >= 0.3 is 0 Å². The summed E-state index contributed by atoms with van der Waals surface area (Å²) < 4.78 is 0.732. The summed E-state index contributed by atoms with van der Waals surface area (Å²) in [6.07, 6.45) is 3.29. The minimum atomic E-state index is 0.595. The van der Waals surface area contributed by atoms with Crippen LogP contribution in [0, 0.1) is 0 Å². The fraction of sp³-hybridized carbons (Fsp3) is 0.333. The van der Waals surface area contributed by atoms with Crippen molar-refractivity contribution < 1.29 is 0 Å². The molecule has 3 N–H and O–H groups in total. The standard InChI is InChI=1S/C6H9BrN4/c7-5-3-11-6(4-10-5)9-2-1-8/h3-4H,1-2,8H2,(H,9,11). The molecule has 0 saturated carbocycles. The van der Waals surface area contributed by atoms with Gasteiger partial charge in [0.2, 0.25) is 0 Å². The Bertz CT molecular complexity index is 210. The summed E-state index contributed by atoms with van der Waals surface area (Å²) in [5, 5.41) is 3.00. The van der Waals surface area contributed by atoms with Crippen LogP contribution in [0.15, 0.2) is 17.0 Å². The monoisotopic (exact) mass is 216 g/mol. The molecule has 0 aromatic carbocycles. The van der Waals surface area contributed by atoms with E-state index in [0.29, 0.717) is 6.54 Å². The molecule has 0 amide bonds. The Kier molecular flexibility index (Phi) is 3.25. The molecule has 1 aromatic heterocycles. The highest BCUT2D eigenvalue weighted by Gasteiger charge is 1.91. The van der Waals surface area contributed by atoms with Crippen LogP contribution in [0.1, 0.15) is 0 Å². The van der Waals surface area contributed by atoms with E-state index in [1.807, 2.05) is 0 Å². The molecule has 0 aliphatic carbocycles. The average molecular weight is 217 g/mol. The maximum Gasteiger partial charge on any atom is 0.144 e. The lowest BCUT2D eigenvalue weighted by Gasteiger charge is -2.01. The van der Waals surface area contributed by atoms with Gasteiger partial charge in [0.25, 0.3) is 0 Å². The van der Waals surface area contributed by atoms with Crippen LogP contribution in [0.4, 0.5) is 5.82 Å². The normalized spacial score (nSPS) is 9.64. The van der Waals surface area contributed by atoms with Gasteiger partial charge < -0.3 is 11.1 Å². The van der Waals surface area contributed by atoms with E-state index < -0.39 is 0 Å². The number of anilines is 1. The summed E-state index contributed by atoms with van der Waals surface area (Å²) in [5.74, 6) is 0.749. The molecule has 0 atom stereocenters. The molecule has 60 valence electrons. The van der Waals surface area contributed by atoms with Crippen molar-refractivity contribution in [2.45, 2.75) is 0 Å². The van der Waals surface area contributed by atoms with E-state index >= 15 is 0 Å². The van der Waals surface area contributed by atoms with Gasteiger partial charge in [-0.2, -0.15) is 0 Å². The average Bonchev–Trinajstić information content (AvgIpc) is 2.04. The Morgan fingerprint density at radius 3 is 2.82 bits per heavy atom. The Morgan fingerprint density at radius 1 is 1.45 bits per heavy atom. The van der Waals surface area contributed by atoms with Crippen LogP contribution >= 0.6 is 15.9 Å². The Morgan fingerprint density at radius 2 is 2.27 bits per heavy atom. The number of halogens is 1. The zero-order valence-electron chi connectivity index (χ0n) is 5.92. The first kappa shape index (κ1) is 8.42. The fourth-order valence-corrected chi connectivity index (χ4v) is 0.809. The Balaban J connectivity index is 2.52. The van der Waals surface area contributed by atoms with Gasteiger partial charge in [-0.3, -0.25) is 0 Å². The summed E-state index contributed by atoms with van der Waals surface area (Å²) in [6.45, 7) is 1.31. The van der Waals surface area contributed by atoms with Crippen LogP contribution < -0.4 is 11.1 Å². The van der Waals surface area contributed by atoms with E-state index in [4.69, 9.17) is 5.73 Å². The van der Waals surface area contributed by atoms with Crippen LogP contribution in [-0.4, -0.2) is 23.1 Å². The molecule has 0 bridgehead atoms. The molecule has 0 aliphatic heterocycles. The third kappa shape index (κ3) is 2.81. The molecule has 0 fully saturated rings. The van der Waals surface area contributed by atoms with Gasteiger partial charge in [-0.05, 0) is 15.9 Å². The van der Waals surface area contributed by atoms with Crippen LogP contribution in [0.3, 0.4) is 0 Å². The lowest BCUT2D eigenvalue weighted by Crippen LogP contribution is -2.13. The summed E-state index contributed by atoms with van der Waals surface area (Å²) in [6, 6.07) is 0. The Hall–Kier alpha value is -0.680. The zero-order chi connectivity index (χ0) is 8.10. The van der Waals surface area contributed by atoms with Gasteiger partial charge in [-0.1, -0.05) is 0 Å². The quantitative estimate of drug-likeness (QED) is 0.778.